The number of halogens is 1. The second-order valence-corrected chi connectivity index (χ2v) is 2.59. The Morgan fingerprint density at radius 2 is 2.18 bits per heavy atom. The lowest BCUT2D eigenvalue weighted by atomic mass is 9.93. The van der Waals surface area contributed by atoms with Gasteiger partial charge in [0.15, 0.2) is 0 Å². The second kappa shape index (κ2) is 2.89. The number of hydrogen-bond acceptors (Lipinski definition) is 2. The van der Waals surface area contributed by atoms with Gasteiger partial charge in [0.05, 0.1) is 20.8 Å². The standard InChI is InChI=1S/C8H11BrN2/c1-8(2,3)6-4-11-7(9)5-10-6/h4-5H,1-3H3/i1D3,2D3,3D3,4D,5D. The second-order valence-electron chi connectivity index (χ2n) is 1.84. The van der Waals surface area contributed by atoms with Crippen molar-refractivity contribution in [1.29, 1.82) is 0 Å². The van der Waals surface area contributed by atoms with E-state index in [2.05, 4.69) is 25.9 Å². The first-order valence-electron chi connectivity index (χ1n) is 8.08. The normalized spacial score (nSPS) is 29.7. The van der Waals surface area contributed by atoms with Crippen LogP contribution in [0.5, 0.6) is 0 Å². The molecule has 1 aromatic rings. The van der Waals surface area contributed by atoms with E-state index in [0.717, 1.165) is 0 Å². The first-order valence-corrected chi connectivity index (χ1v) is 3.38. The van der Waals surface area contributed by atoms with Crippen molar-refractivity contribution in [2.45, 2.75) is 26.0 Å². The van der Waals surface area contributed by atoms with E-state index in [4.69, 9.17) is 15.1 Å². The van der Waals surface area contributed by atoms with Crippen LogP contribution in [0, 0.1) is 0 Å². The van der Waals surface area contributed by atoms with Gasteiger partial charge in [0.25, 0.3) is 0 Å². The Morgan fingerprint density at radius 3 is 2.82 bits per heavy atom. The van der Waals surface area contributed by atoms with Crippen LogP contribution in [0.4, 0.5) is 0 Å². The molecule has 0 aliphatic carbocycles. The summed E-state index contributed by atoms with van der Waals surface area (Å²) in [6, 6.07) is 0. The first-order chi connectivity index (χ1) is 9.57. The van der Waals surface area contributed by atoms with Gasteiger partial charge in [-0.2, -0.15) is 0 Å². The van der Waals surface area contributed by atoms with E-state index in [1.165, 1.54) is 0 Å². The minimum Gasteiger partial charge on any atom is -0.256 e. The fourth-order valence-corrected chi connectivity index (χ4v) is 0.599. The molecule has 0 unspecified atom stereocenters. The molecule has 11 heavy (non-hydrogen) atoms. The molecule has 0 amide bonds. The first kappa shape index (κ1) is 2.08. The number of nitrogens with zero attached hydrogens (tertiary/aromatic N) is 2. The molecule has 0 saturated carbocycles. The van der Waals surface area contributed by atoms with Crippen LogP contribution in [0.3, 0.4) is 0 Å². The molecule has 0 N–H and O–H groups in total. The van der Waals surface area contributed by atoms with E-state index in [0.29, 0.717) is 0 Å². The van der Waals surface area contributed by atoms with Gasteiger partial charge < -0.3 is 0 Å². The Hall–Kier alpha value is -0.440. The summed E-state index contributed by atoms with van der Waals surface area (Å²) < 4.78 is 82.4. The fourth-order valence-electron chi connectivity index (χ4n) is 0.422. The maximum atomic E-state index is 7.67. The summed E-state index contributed by atoms with van der Waals surface area (Å²) in [5.74, 6) is 0. The van der Waals surface area contributed by atoms with Gasteiger partial charge in [-0.05, 0) is 15.9 Å². The SMILES string of the molecule is [2H]c1nc(C(C([2H])([2H])[2H])(C([2H])([2H])[2H])C([2H])([2H])[2H])c([2H])nc1Br. The van der Waals surface area contributed by atoms with Crippen LogP contribution in [-0.2, 0) is 5.41 Å². The molecule has 0 aliphatic rings. The number of hydrogen-bond donors (Lipinski definition) is 0. The maximum absolute atomic E-state index is 7.67. The summed E-state index contributed by atoms with van der Waals surface area (Å²) in [6.45, 7) is -10.6. The highest BCUT2D eigenvalue weighted by Gasteiger charge is 2.14. The molecule has 0 saturated heterocycles. The van der Waals surface area contributed by atoms with Crippen LogP contribution in [0.25, 0.3) is 0 Å². The van der Waals surface area contributed by atoms with Crippen LogP contribution in [0.1, 0.15) is 41.3 Å². The fraction of sp³-hybridized carbons (Fsp3) is 0.500. The van der Waals surface area contributed by atoms with Crippen LogP contribution < -0.4 is 0 Å². The average molecular weight is 226 g/mol. The number of rotatable bonds is 0. The van der Waals surface area contributed by atoms with E-state index in [-0.39, 0.29) is 4.60 Å². The summed E-state index contributed by atoms with van der Waals surface area (Å²) in [5, 5.41) is 0. The van der Waals surface area contributed by atoms with Gasteiger partial charge in [-0.1, -0.05) is 20.6 Å². The van der Waals surface area contributed by atoms with Crippen LogP contribution in [0.2, 0.25) is 0 Å². The third-order valence-corrected chi connectivity index (χ3v) is 1.23. The van der Waals surface area contributed by atoms with Crippen molar-refractivity contribution >= 4 is 15.9 Å². The molecule has 2 nitrogen and oxygen atoms in total. The summed E-state index contributed by atoms with van der Waals surface area (Å²) in [4.78, 5) is 6.90. The zero-order chi connectivity index (χ0) is 17.7. The molecular weight excluding hydrogens is 204 g/mol. The minimum absolute atomic E-state index is 0.225. The molecule has 0 aliphatic heterocycles. The van der Waals surface area contributed by atoms with Gasteiger partial charge in [-0.3, -0.25) is 4.98 Å². The number of aromatic nitrogens is 2. The predicted octanol–water partition coefficient (Wildman–Crippen LogP) is 2.54. The van der Waals surface area contributed by atoms with E-state index < -0.39 is 44.0 Å². The highest BCUT2D eigenvalue weighted by molar-refractivity contribution is 9.10. The van der Waals surface area contributed by atoms with Crippen molar-refractivity contribution in [2.75, 3.05) is 0 Å². The Morgan fingerprint density at radius 1 is 1.45 bits per heavy atom. The average Bonchev–Trinajstić information content (AvgIpc) is 2.19. The topological polar surface area (TPSA) is 25.8 Å². The molecule has 0 bridgehead atoms. The monoisotopic (exact) mass is 225 g/mol. The van der Waals surface area contributed by atoms with Crippen LogP contribution >= 0.6 is 15.9 Å². The van der Waals surface area contributed by atoms with E-state index in [1.807, 2.05) is 0 Å². The van der Waals surface area contributed by atoms with Crippen molar-refractivity contribution in [3.8, 4) is 0 Å². The van der Waals surface area contributed by atoms with Gasteiger partial charge in [0.2, 0.25) is 0 Å². The lowest BCUT2D eigenvalue weighted by Gasteiger charge is -2.16. The van der Waals surface area contributed by atoms with Crippen LogP contribution in [-0.4, -0.2) is 9.97 Å². The molecular formula is C8H11BrN2. The largest absolute Gasteiger partial charge is 0.256 e. The third-order valence-electron chi connectivity index (χ3n) is 0.875. The summed E-state index contributed by atoms with van der Waals surface area (Å²) >= 11 is 2.80. The molecule has 1 aromatic heterocycles. The molecule has 0 spiro atoms. The lowest BCUT2D eigenvalue weighted by molar-refractivity contribution is 0.565. The van der Waals surface area contributed by atoms with Gasteiger partial charge >= 0.3 is 0 Å². The lowest BCUT2D eigenvalue weighted by Crippen LogP contribution is -2.13. The van der Waals surface area contributed by atoms with Gasteiger partial charge in [-0.25, -0.2) is 4.98 Å². The Balaban J connectivity index is 4.00. The summed E-state index contributed by atoms with van der Waals surface area (Å²) in [7, 11) is 0. The highest BCUT2D eigenvalue weighted by atomic mass is 79.9. The Kier molecular flexibility index (Phi) is 0.546. The Bertz CT molecular complexity index is 537. The summed E-state index contributed by atoms with van der Waals surface area (Å²) in [5.41, 5.74) is -4.49. The quantitative estimate of drug-likeness (QED) is 0.679. The third kappa shape index (κ3) is 2.26. The van der Waals surface area contributed by atoms with Gasteiger partial charge in [0, 0.05) is 17.8 Å². The summed E-state index contributed by atoms with van der Waals surface area (Å²) in [6.07, 6.45) is -1.58. The molecule has 0 aromatic carbocycles. The molecule has 0 radical (unpaired) electrons. The van der Waals surface area contributed by atoms with Crippen LogP contribution in [0.15, 0.2) is 16.9 Å². The molecule has 60 valence electrons. The molecule has 0 fully saturated rings. The zero-order valence-corrected chi connectivity index (χ0v) is 6.86. The van der Waals surface area contributed by atoms with Crippen molar-refractivity contribution in [2.24, 2.45) is 0 Å². The van der Waals surface area contributed by atoms with E-state index in [1.54, 1.807) is 0 Å². The van der Waals surface area contributed by atoms with Crippen molar-refractivity contribution < 1.29 is 15.1 Å². The van der Waals surface area contributed by atoms with Crippen molar-refractivity contribution in [3.05, 3.63) is 22.6 Å². The molecule has 1 heterocycles. The molecule has 3 heteroatoms. The highest BCUT2D eigenvalue weighted by Crippen LogP contribution is 2.19. The van der Waals surface area contributed by atoms with Gasteiger partial charge in [0.1, 0.15) is 4.60 Å². The van der Waals surface area contributed by atoms with Crippen molar-refractivity contribution in [1.82, 2.24) is 9.97 Å². The van der Waals surface area contributed by atoms with Crippen molar-refractivity contribution in [3.63, 3.8) is 0 Å². The van der Waals surface area contributed by atoms with Gasteiger partial charge in [-0.15, -0.1) is 0 Å². The molecule has 1 rings (SSSR count). The minimum atomic E-state index is -3.53. The smallest absolute Gasteiger partial charge is 0.124 e. The zero-order valence-electron chi connectivity index (χ0n) is 16.3. The maximum Gasteiger partial charge on any atom is 0.124 e. The van der Waals surface area contributed by atoms with E-state index >= 15 is 0 Å². The van der Waals surface area contributed by atoms with E-state index in [9.17, 15) is 0 Å². The predicted molar refractivity (Wildman–Crippen MR) is 48.4 cm³/mol. The Labute approximate surface area is 90.7 Å². The molecule has 0 atom stereocenters.